The summed E-state index contributed by atoms with van der Waals surface area (Å²) < 4.78 is 16.5. The smallest absolute Gasteiger partial charge is 0.344 e. The first kappa shape index (κ1) is 38.6. The van der Waals surface area contributed by atoms with Crippen molar-refractivity contribution >= 4 is 17.8 Å². The Morgan fingerprint density at radius 1 is 0.761 bits per heavy atom. The molecule has 1 amide bonds. The molecule has 0 aromatic heterocycles. The monoisotopic (exact) mass is 641 g/mol. The number of carboxylic acid groups (broad SMARTS) is 1. The van der Waals surface area contributed by atoms with Crippen LogP contribution in [0.5, 0.6) is 11.5 Å². The fraction of sp³-hybridized carbons (Fsp3) is 0.595. The molecular weight excluding hydrogens is 586 g/mol. The zero-order chi connectivity index (χ0) is 33.4. The van der Waals surface area contributed by atoms with Gasteiger partial charge in [0.05, 0.1) is 24.8 Å². The van der Waals surface area contributed by atoms with E-state index in [9.17, 15) is 24.6 Å². The second-order valence-corrected chi connectivity index (χ2v) is 11.7. The van der Waals surface area contributed by atoms with E-state index in [1.165, 1.54) is 89.2 Å². The number of carbonyl (C=O) groups is 3. The minimum atomic E-state index is -1.83. The van der Waals surface area contributed by atoms with Crippen molar-refractivity contribution in [2.24, 2.45) is 0 Å². The number of rotatable bonds is 26. The highest BCUT2D eigenvalue weighted by Gasteiger charge is 2.29. The molecule has 0 saturated carbocycles. The molecule has 0 aliphatic carbocycles. The SMILES string of the molecule is CCCCCCCCCCCCCCCCOc1ccc(C(=O)N[C@@H](Cc2ccccc2)[C@@H](O)C(=O)O)c(OCC(=O)OCC)c1. The summed E-state index contributed by atoms with van der Waals surface area (Å²) in [4.78, 5) is 36.9. The predicted octanol–water partition coefficient (Wildman–Crippen LogP) is 7.28. The Labute approximate surface area is 275 Å². The van der Waals surface area contributed by atoms with E-state index in [0.29, 0.717) is 12.4 Å². The molecule has 2 atom stereocenters. The maximum absolute atomic E-state index is 13.3. The topological polar surface area (TPSA) is 131 Å². The number of nitrogens with one attached hydrogen (secondary N) is 1. The van der Waals surface area contributed by atoms with Crippen molar-refractivity contribution in [1.82, 2.24) is 5.32 Å². The normalized spacial score (nSPS) is 12.2. The minimum Gasteiger partial charge on any atom is -0.493 e. The number of benzene rings is 2. The Morgan fingerprint density at radius 3 is 1.91 bits per heavy atom. The molecular formula is C37H55NO8. The van der Waals surface area contributed by atoms with Crippen molar-refractivity contribution in [2.45, 2.75) is 122 Å². The zero-order valence-electron chi connectivity index (χ0n) is 27.8. The summed E-state index contributed by atoms with van der Waals surface area (Å²) in [5.74, 6) is -2.12. The first-order valence-electron chi connectivity index (χ1n) is 17.2. The van der Waals surface area contributed by atoms with E-state index in [0.717, 1.165) is 18.4 Å². The molecule has 0 spiro atoms. The number of aliphatic carboxylic acids is 1. The van der Waals surface area contributed by atoms with E-state index in [-0.39, 0.29) is 24.3 Å². The molecule has 46 heavy (non-hydrogen) atoms. The van der Waals surface area contributed by atoms with Crippen molar-refractivity contribution in [3.05, 3.63) is 59.7 Å². The lowest BCUT2D eigenvalue weighted by Crippen LogP contribution is -2.48. The molecule has 0 unspecified atom stereocenters. The number of ether oxygens (including phenoxy) is 3. The van der Waals surface area contributed by atoms with E-state index < -0.39 is 36.6 Å². The molecule has 0 aliphatic heterocycles. The molecule has 0 heterocycles. The molecule has 9 heteroatoms. The van der Waals surface area contributed by atoms with Gasteiger partial charge in [-0.1, -0.05) is 121 Å². The average Bonchev–Trinajstić information content (AvgIpc) is 3.05. The van der Waals surface area contributed by atoms with E-state index >= 15 is 0 Å². The molecule has 0 fully saturated rings. The second kappa shape index (κ2) is 23.7. The quantitative estimate of drug-likeness (QED) is 0.0722. The minimum absolute atomic E-state index is 0.0730. The summed E-state index contributed by atoms with van der Waals surface area (Å²) in [7, 11) is 0. The third kappa shape index (κ3) is 16.1. The van der Waals surface area contributed by atoms with Crippen LogP contribution >= 0.6 is 0 Å². The Hall–Kier alpha value is -3.59. The zero-order valence-corrected chi connectivity index (χ0v) is 27.8. The van der Waals surface area contributed by atoms with Crippen LogP contribution in [0.2, 0.25) is 0 Å². The maximum atomic E-state index is 13.3. The van der Waals surface area contributed by atoms with Crippen LogP contribution in [0.15, 0.2) is 48.5 Å². The van der Waals surface area contributed by atoms with Crippen molar-refractivity contribution in [2.75, 3.05) is 19.8 Å². The van der Waals surface area contributed by atoms with Gasteiger partial charge in [0.25, 0.3) is 5.91 Å². The van der Waals surface area contributed by atoms with Crippen LogP contribution in [0.25, 0.3) is 0 Å². The fourth-order valence-electron chi connectivity index (χ4n) is 5.25. The van der Waals surface area contributed by atoms with Crippen LogP contribution in [0.1, 0.15) is 120 Å². The number of aliphatic hydroxyl groups is 1. The van der Waals surface area contributed by atoms with Crippen molar-refractivity contribution in [3.8, 4) is 11.5 Å². The van der Waals surface area contributed by atoms with Crippen LogP contribution in [-0.2, 0) is 20.7 Å². The van der Waals surface area contributed by atoms with Crippen LogP contribution in [-0.4, -0.2) is 60.0 Å². The molecule has 0 bridgehead atoms. The number of carboxylic acids is 1. The highest BCUT2D eigenvalue weighted by Crippen LogP contribution is 2.26. The molecule has 0 saturated heterocycles. The van der Waals surface area contributed by atoms with E-state index in [2.05, 4.69) is 12.2 Å². The third-order valence-corrected chi connectivity index (χ3v) is 7.86. The summed E-state index contributed by atoms with van der Waals surface area (Å²) in [6.07, 6.45) is 16.1. The summed E-state index contributed by atoms with van der Waals surface area (Å²) in [5.41, 5.74) is 0.822. The van der Waals surface area contributed by atoms with Gasteiger partial charge in [-0.3, -0.25) is 4.79 Å². The number of carbonyl (C=O) groups excluding carboxylic acids is 2. The predicted molar refractivity (Wildman–Crippen MR) is 179 cm³/mol. The maximum Gasteiger partial charge on any atom is 0.344 e. The highest BCUT2D eigenvalue weighted by molar-refractivity contribution is 5.97. The van der Waals surface area contributed by atoms with Crippen molar-refractivity contribution < 1.29 is 38.8 Å². The lowest BCUT2D eigenvalue weighted by molar-refractivity contribution is -0.148. The average molecular weight is 642 g/mol. The standard InChI is InChI=1S/C37H55NO8/c1-3-5-6-7-8-9-10-11-12-13-14-15-16-20-25-45-30-23-24-31(33(27-30)46-28-34(39)44-4-2)36(41)38-32(35(40)37(42)43)26-29-21-18-17-19-22-29/h17-19,21-24,27,32,35,40H,3-16,20,25-26,28H2,1-2H3,(H,38,41)(H,42,43)/t32-,35+/m0/s1. The molecule has 2 aromatic carbocycles. The van der Waals surface area contributed by atoms with Crippen molar-refractivity contribution in [1.29, 1.82) is 0 Å². The Bertz CT molecular complexity index is 1140. The summed E-state index contributed by atoms with van der Waals surface area (Å²) in [6.45, 7) is 4.21. The third-order valence-electron chi connectivity index (χ3n) is 7.86. The number of aliphatic hydroxyl groups excluding tert-OH is 1. The van der Waals surface area contributed by atoms with E-state index in [1.54, 1.807) is 37.3 Å². The largest absolute Gasteiger partial charge is 0.493 e. The number of hydrogen-bond acceptors (Lipinski definition) is 7. The number of unbranched alkanes of at least 4 members (excludes halogenated alkanes) is 13. The lowest BCUT2D eigenvalue weighted by Gasteiger charge is -2.22. The Balaban J connectivity index is 1.87. The summed E-state index contributed by atoms with van der Waals surface area (Å²) in [6, 6.07) is 12.5. The van der Waals surface area contributed by atoms with Crippen LogP contribution < -0.4 is 14.8 Å². The van der Waals surface area contributed by atoms with Crippen LogP contribution in [0.3, 0.4) is 0 Å². The van der Waals surface area contributed by atoms with Gasteiger partial charge in [-0.25, -0.2) is 9.59 Å². The highest BCUT2D eigenvalue weighted by atomic mass is 16.6. The van der Waals surface area contributed by atoms with Gasteiger partial charge in [0.15, 0.2) is 12.7 Å². The fourth-order valence-corrected chi connectivity index (χ4v) is 5.25. The molecule has 2 rings (SSSR count). The van der Waals surface area contributed by atoms with Gasteiger partial charge in [0.2, 0.25) is 0 Å². The molecule has 0 aliphatic rings. The first-order chi connectivity index (χ1) is 22.3. The number of esters is 1. The lowest BCUT2D eigenvalue weighted by atomic mass is 10.0. The Morgan fingerprint density at radius 2 is 1.35 bits per heavy atom. The van der Waals surface area contributed by atoms with Crippen LogP contribution in [0, 0.1) is 0 Å². The molecule has 0 radical (unpaired) electrons. The number of hydrogen-bond donors (Lipinski definition) is 3. The summed E-state index contributed by atoms with van der Waals surface area (Å²) in [5, 5.41) is 22.4. The second-order valence-electron chi connectivity index (χ2n) is 11.7. The molecule has 2 aromatic rings. The van der Waals surface area contributed by atoms with E-state index in [4.69, 9.17) is 14.2 Å². The number of amides is 1. The Kier molecular flexibility index (Phi) is 19.9. The molecule has 3 N–H and O–H groups in total. The molecule has 9 nitrogen and oxygen atoms in total. The van der Waals surface area contributed by atoms with Gasteiger partial charge in [-0.2, -0.15) is 0 Å². The van der Waals surface area contributed by atoms with Gasteiger partial charge in [0, 0.05) is 6.07 Å². The van der Waals surface area contributed by atoms with Gasteiger partial charge in [0.1, 0.15) is 11.5 Å². The van der Waals surface area contributed by atoms with Gasteiger partial charge < -0.3 is 29.7 Å². The van der Waals surface area contributed by atoms with Gasteiger partial charge >= 0.3 is 11.9 Å². The molecule has 256 valence electrons. The van der Waals surface area contributed by atoms with E-state index in [1.807, 2.05) is 6.07 Å². The summed E-state index contributed by atoms with van der Waals surface area (Å²) >= 11 is 0. The first-order valence-corrected chi connectivity index (χ1v) is 17.2. The van der Waals surface area contributed by atoms with Gasteiger partial charge in [-0.15, -0.1) is 0 Å². The van der Waals surface area contributed by atoms with Gasteiger partial charge in [-0.05, 0) is 37.5 Å². The van der Waals surface area contributed by atoms with Crippen molar-refractivity contribution in [3.63, 3.8) is 0 Å². The van der Waals surface area contributed by atoms with Crippen LogP contribution in [0.4, 0.5) is 0 Å².